The predicted molar refractivity (Wildman–Crippen MR) is 73.1 cm³/mol. The minimum atomic E-state index is -0.339. The first kappa shape index (κ1) is 15.6. The lowest BCUT2D eigenvalue weighted by molar-refractivity contribution is 0.0941. The summed E-state index contributed by atoms with van der Waals surface area (Å²) in [5.74, 6) is 0.572. The fourth-order valence-electron chi connectivity index (χ4n) is 1.45. The zero-order valence-corrected chi connectivity index (χ0v) is 11.6. The second kappa shape index (κ2) is 8.61. The van der Waals surface area contributed by atoms with Gasteiger partial charge in [0.05, 0.1) is 19.3 Å². The molecule has 0 spiro atoms. The van der Waals surface area contributed by atoms with Gasteiger partial charge in [0.15, 0.2) is 0 Å². The molecule has 0 aromatic heterocycles. The van der Waals surface area contributed by atoms with Gasteiger partial charge in [-0.2, -0.15) is 0 Å². The van der Waals surface area contributed by atoms with Crippen molar-refractivity contribution in [2.75, 3.05) is 32.7 Å². The van der Waals surface area contributed by atoms with Crippen LogP contribution >= 0.6 is 11.6 Å². The highest BCUT2D eigenvalue weighted by Crippen LogP contribution is 2.22. The third-order valence-corrected chi connectivity index (χ3v) is 2.58. The Morgan fingerprint density at radius 3 is 2.89 bits per heavy atom. The number of halogens is 1. The number of phenolic OH excluding ortho intramolecular Hbond substituents is 1. The molecule has 0 aliphatic carbocycles. The quantitative estimate of drug-likeness (QED) is 0.565. The monoisotopic (exact) mass is 287 g/mol. The summed E-state index contributed by atoms with van der Waals surface area (Å²) in [5, 5.41) is 12.3. The molecular formula is C13H18ClNO4. The second-order valence-electron chi connectivity index (χ2n) is 3.79. The number of phenols is 1. The molecule has 0 unspecified atom stereocenters. The fourth-order valence-corrected chi connectivity index (χ4v) is 1.56. The number of hydrogen-bond donors (Lipinski definition) is 2. The van der Waals surface area contributed by atoms with Crippen molar-refractivity contribution in [3.8, 4) is 11.5 Å². The number of alkyl halides is 1. The molecule has 2 N–H and O–H groups in total. The summed E-state index contributed by atoms with van der Waals surface area (Å²) in [6.07, 6.45) is 0.688. The maximum atomic E-state index is 11.8. The van der Waals surface area contributed by atoms with Crippen LogP contribution in [0.5, 0.6) is 11.5 Å². The molecule has 0 heterocycles. The Kier molecular flexibility index (Phi) is 7.07. The summed E-state index contributed by atoms with van der Waals surface area (Å²) in [7, 11) is 1.50. The molecule has 19 heavy (non-hydrogen) atoms. The first-order chi connectivity index (χ1) is 9.19. The van der Waals surface area contributed by atoms with Crippen LogP contribution in [0.15, 0.2) is 18.2 Å². The molecule has 6 heteroatoms. The number of carbonyl (C=O) groups excluding carboxylic acids is 1. The Balaban J connectivity index is 2.40. The van der Waals surface area contributed by atoms with Crippen LogP contribution in [-0.2, 0) is 4.74 Å². The van der Waals surface area contributed by atoms with Gasteiger partial charge in [-0.15, -0.1) is 11.6 Å². The number of nitrogens with one attached hydrogen (secondary N) is 1. The molecule has 0 saturated carbocycles. The van der Waals surface area contributed by atoms with Crippen molar-refractivity contribution in [2.24, 2.45) is 0 Å². The van der Waals surface area contributed by atoms with E-state index < -0.39 is 0 Å². The Morgan fingerprint density at radius 1 is 1.42 bits per heavy atom. The van der Waals surface area contributed by atoms with Crippen LogP contribution in [0.2, 0.25) is 0 Å². The van der Waals surface area contributed by atoms with Gasteiger partial charge in [-0.25, -0.2) is 0 Å². The third kappa shape index (κ3) is 5.36. The normalized spacial score (nSPS) is 10.2. The minimum Gasteiger partial charge on any atom is -0.507 e. The molecular weight excluding hydrogens is 270 g/mol. The van der Waals surface area contributed by atoms with E-state index in [9.17, 15) is 9.90 Å². The van der Waals surface area contributed by atoms with Crippen LogP contribution in [0.3, 0.4) is 0 Å². The van der Waals surface area contributed by atoms with E-state index in [0.717, 1.165) is 0 Å². The predicted octanol–water partition coefficient (Wildman–Crippen LogP) is 1.78. The summed E-state index contributed by atoms with van der Waals surface area (Å²) in [5.41, 5.74) is 0.195. The number of amides is 1. The molecule has 0 radical (unpaired) electrons. The first-order valence-corrected chi connectivity index (χ1v) is 6.51. The lowest BCUT2D eigenvalue weighted by Gasteiger charge is -2.08. The average Bonchev–Trinajstić information content (AvgIpc) is 2.43. The molecule has 0 atom stereocenters. The van der Waals surface area contributed by atoms with Gasteiger partial charge in [-0.1, -0.05) is 0 Å². The summed E-state index contributed by atoms with van der Waals surface area (Å²) in [6, 6.07) is 4.51. The number of rotatable bonds is 8. The second-order valence-corrected chi connectivity index (χ2v) is 4.17. The molecule has 1 amide bonds. The summed E-state index contributed by atoms with van der Waals surface area (Å²) < 4.78 is 10.2. The van der Waals surface area contributed by atoms with Gasteiger partial charge in [0.25, 0.3) is 5.91 Å². The molecule has 1 aromatic rings. The molecule has 0 aliphatic rings. The minimum absolute atomic E-state index is 0.0725. The third-order valence-electron chi connectivity index (χ3n) is 2.42. The number of ether oxygens (including phenoxy) is 2. The number of methoxy groups -OCH3 is 1. The highest BCUT2D eigenvalue weighted by atomic mass is 35.5. The maximum absolute atomic E-state index is 11.8. The average molecular weight is 288 g/mol. The van der Waals surface area contributed by atoms with Crippen LogP contribution in [0.4, 0.5) is 0 Å². The molecule has 106 valence electrons. The maximum Gasteiger partial charge on any atom is 0.255 e. The Hall–Kier alpha value is -1.46. The van der Waals surface area contributed by atoms with Crippen LogP contribution < -0.4 is 10.1 Å². The van der Waals surface area contributed by atoms with Crippen molar-refractivity contribution in [2.45, 2.75) is 6.42 Å². The van der Waals surface area contributed by atoms with Crippen LogP contribution in [0.25, 0.3) is 0 Å². The van der Waals surface area contributed by atoms with Crippen LogP contribution in [-0.4, -0.2) is 43.8 Å². The van der Waals surface area contributed by atoms with Crippen molar-refractivity contribution in [3.63, 3.8) is 0 Å². The number of aromatic hydroxyl groups is 1. The zero-order valence-electron chi connectivity index (χ0n) is 10.8. The SMILES string of the molecule is COc1ccc(O)c(C(=O)NCCCOCCCl)c1. The van der Waals surface area contributed by atoms with Crippen molar-refractivity contribution in [3.05, 3.63) is 23.8 Å². The van der Waals surface area contributed by atoms with E-state index in [1.165, 1.54) is 19.2 Å². The van der Waals surface area contributed by atoms with Crippen molar-refractivity contribution < 1.29 is 19.4 Å². The lowest BCUT2D eigenvalue weighted by Crippen LogP contribution is -2.25. The first-order valence-electron chi connectivity index (χ1n) is 5.98. The van der Waals surface area contributed by atoms with Crippen LogP contribution in [0, 0.1) is 0 Å². The Morgan fingerprint density at radius 2 is 2.21 bits per heavy atom. The van der Waals surface area contributed by atoms with Crippen molar-refractivity contribution in [1.29, 1.82) is 0 Å². The van der Waals surface area contributed by atoms with Gasteiger partial charge >= 0.3 is 0 Å². The lowest BCUT2D eigenvalue weighted by atomic mass is 10.1. The fraction of sp³-hybridized carbons (Fsp3) is 0.462. The van der Waals surface area contributed by atoms with Gasteiger partial charge in [-0.05, 0) is 24.6 Å². The van der Waals surface area contributed by atoms with Crippen LogP contribution in [0.1, 0.15) is 16.8 Å². The standard InChI is InChI=1S/C13H18ClNO4/c1-18-10-3-4-12(16)11(9-10)13(17)15-6-2-7-19-8-5-14/h3-4,9,16H,2,5-8H2,1H3,(H,15,17). The number of benzene rings is 1. The smallest absolute Gasteiger partial charge is 0.255 e. The molecule has 0 aliphatic heterocycles. The van der Waals surface area contributed by atoms with E-state index in [2.05, 4.69) is 5.32 Å². The molecule has 1 aromatic carbocycles. The van der Waals surface area contributed by atoms with E-state index in [1.54, 1.807) is 6.07 Å². The highest BCUT2D eigenvalue weighted by Gasteiger charge is 2.11. The van der Waals surface area contributed by atoms with E-state index in [4.69, 9.17) is 21.1 Å². The summed E-state index contributed by atoms with van der Waals surface area (Å²) in [4.78, 5) is 11.8. The van der Waals surface area contributed by atoms with Gasteiger partial charge in [0.1, 0.15) is 11.5 Å². The zero-order chi connectivity index (χ0) is 14.1. The number of carbonyl (C=O) groups is 1. The summed E-state index contributed by atoms with van der Waals surface area (Å²) in [6.45, 7) is 1.51. The van der Waals surface area contributed by atoms with E-state index >= 15 is 0 Å². The van der Waals surface area contributed by atoms with Crippen molar-refractivity contribution >= 4 is 17.5 Å². The van der Waals surface area contributed by atoms with Crippen molar-refractivity contribution in [1.82, 2.24) is 5.32 Å². The largest absolute Gasteiger partial charge is 0.507 e. The van der Waals surface area contributed by atoms with Gasteiger partial charge in [0, 0.05) is 19.0 Å². The molecule has 5 nitrogen and oxygen atoms in total. The van der Waals surface area contributed by atoms with Gasteiger partial charge < -0.3 is 19.9 Å². The summed E-state index contributed by atoms with van der Waals surface area (Å²) >= 11 is 5.46. The van der Waals surface area contributed by atoms with E-state index in [1.807, 2.05) is 0 Å². The number of hydrogen-bond acceptors (Lipinski definition) is 4. The van der Waals surface area contributed by atoms with E-state index in [0.29, 0.717) is 37.8 Å². The molecule has 0 fully saturated rings. The molecule has 1 rings (SSSR count). The van der Waals surface area contributed by atoms with Gasteiger partial charge in [-0.3, -0.25) is 4.79 Å². The van der Waals surface area contributed by atoms with Gasteiger partial charge in [0.2, 0.25) is 0 Å². The molecule has 0 saturated heterocycles. The highest BCUT2D eigenvalue weighted by molar-refractivity contribution is 6.17. The topological polar surface area (TPSA) is 67.8 Å². The Bertz CT molecular complexity index is 412. The van der Waals surface area contributed by atoms with E-state index in [-0.39, 0.29) is 17.2 Å². The Labute approximate surface area is 117 Å². The molecule has 0 bridgehead atoms.